The van der Waals surface area contributed by atoms with Crippen molar-refractivity contribution in [3.8, 4) is 5.75 Å². The molecule has 5 nitrogen and oxygen atoms in total. The SMILES string of the molecule is Cc1ccc(OCC(=O)N2CCCC(C)(C(=O)O)C2)c(C)c1. The zero-order chi connectivity index (χ0) is 16.3. The molecule has 0 bridgehead atoms. The summed E-state index contributed by atoms with van der Waals surface area (Å²) in [7, 11) is 0. The Morgan fingerprint density at radius 1 is 1.36 bits per heavy atom. The van der Waals surface area contributed by atoms with E-state index in [1.165, 1.54) is 0 Å². The molecule has 1 fully saturated rings. The maximum atomic E-state index is 12.3. The fourth-order valence-electron chi connectivity index (χ4n) is 2.82. The average molecular weight is 305 g/mol. The number of carbonyl (C=O) groups excluding carboxylic acids is 1. The van der Waals surface area contributed by atoms with Crippen LogP contribution >= 0.6 is 0 Å². The van der Waals surface area contributed by atoms with Crippen LogP contribution in [-0.2, 0) is 9.59 Å². The van der Waals surface area contributed by atoms with Crippen molar-refractivity contribution in [3.05, 3.63) is 29.3 Å². The first-order valence-electron chi connectivity index (χ1n) is 7.53. The second-order valence-electron chi connectivity index (χ2n) is 6.34. The lowest BCUT2D eigenvalue weighted by Gasteiger charge is -2.37. The highest BCUT2D eigenvalue weighted by Crippen LogP contribution is 2.29. The van der Waals surface area contributed by atoms with Crippen LogP contribution in [0.3, 0.4) is 0 Å². The van der Waals surface area contributed by atoms with Gasteiger partial charge in [-0.15, -0.1) is 0 Å². The van der Waals surface area contributed by atoms with Gasteiger partial charge in [0, 0.05) is 13.1 Å². The number of carboxylic acids is 1. The van der Waals surface area contributed by atoms with E-state index in [0.29, 0.717) is 25.1 Å². The second-order valence-corrected chi connectivity index (χ2v) is 6.34. The number of aliphatic carboxylic acids is 1. The lowest BCUT2D eigenvalue weighted by atomic mass is 9.82. The number of piperidine rings is 1. The molecule has 0 radical (unpaired) electrons. The van der Waals surface area contributed by atoms with Crippen molar-refractivity contribution in [2.24, 2.45) is 5.41 Å². The van der Waals surface area contributed by atoms with Gasteiger partial charge >= 0.3 is 5.97 Å². The highest BCUT2D eigenvalue weighted by Gasteiger charge is 2.39. The first-order valence-corrected chi connectivity index (χ1v) is 7.53. The van der Waals surface area contributed by atoms with Crippen LogP contribution in [0.2, 0.25) is 0 Å². The van der Waals surface area contributed by atoms with E-state index in [9.17, 15) is 14.7 Å². The van der Waals surface area contributed by atoms with Crippen molar-refractivity contribution < 1.29 is 19.4 Å². The molecule has 0 aliphatic carbocycles. The van der Waals surface area contributed by atoms with E-state index in [2.05, 4.69) is 0 Å². The van der Waals surface area contributed by atoms with E-state index in [-0.39, 0.29) is 19.1 Å². The third-order valence-electron chi connectivity index (χ3n) is 4.25. The fraction of sp³-hybridized carbons (Fsp3) is 0.529. The molecule has 1 aromatic carbocycles. The summed E-state index contributed by atoms with van der Waals surface area (Å²) >= 11 is 0. The van der Waals surface area contributed by atoms with Gasteiger partial charge in [0.1, 0.15) is 5.75 Å². The molecule has 5 heteroatoms. The minimum absolute atomic E-state index is 0.0560. The fourth-order valence-corrected chi connectivity index (χ4v) is 2.82. The van der Waals surface area contributed by atoms with E-state index in [0.717, 1.165) is 11.1 Å². The van der Waals surface area contributed by atoms with Gasteiger partial charge in [-0.1, -0.05) is 17.7 Å². The number of rotatable bonds is 4. The Morgan fingerprint density at radius 3 is 2.73 bits per heavy atom. The van der Waals surface area contributed by atoms with Crippen LogP contribution in [0.15, 0.2) is 18.2 Å². The molecule has 1 aliphatic heterocycles. The molecule has 1 saturated heterocycles. The van der Waals surface area contributed by atoms with Crippen LogP contribution in [0.1, 0.15) is 30.9 Å². The van der Waals surface area contributed by atoms with Gasteiger partial charge in [-0.25, -0.2) is 0 Å². The van der Waals surface area contributed by atoms with Crippen LogP contribution in [0.25, 0.3) is 0 Å². The van der Waals surface area contributed by atoms with Crippen LogP contribution in [0, 0.1) is 19.3 Å². The quantitative estimate of drug-likeness (QED) is 0.927. The van der Waals surface area contributed by atoms with E-state index in [1.807, 2.05) is 32.0 Å². The number of benzene rings is 1. The Kier molecular flexibility index (Phi) is 4.74. The molecule has 1 aromatic rings. The molecule has 1 N–H and O–H groups in total. The number of likely N-dealkylation sites (tertiary alicyclic amines) is 1. The first-order chi connectivity index (χ1) is 10.3. The Labute approximate surface area is 130 Å². The van der Waals surface area contributed by atoms with Crippen LogP contribution in [0.5, 0.6) is 5.75 Å². The summed E-state index contributed by atoms with van der Waals surface area (Å²) in [6.07, 6.45) is 1.31. The van der Waals surface area contributed by atoms with Crippen molar-refractivity contribution in [2.75, 3.05) is 19.7 Å². The summed E-state index contributed by atoms with van der Waals surface area (Å²) in [5.74, 6) is -0.315. The first kappa shape index (κ1) is 16.3. The van der Waals surface area contributed by atoms with Crippen molar-refractivity contribution >= 4 is 11.9 Å². The number of aryl methyl sites for hydroxylation is 2. The van der Waals surface area contributed by atoms with Crippen molar-refractivity contribution in [3.63, 3.8) is 0 Å². The van der Waals surface area contributed by atoms with Gasteiger partial charge in [-0.3, -0.25) is 9.59 Å². The third-order valence-corrected chi connectivity index (χ3v) is 4.25. The number of nitrogens with zero attached hydrogens (tertiary/aromatic N) is 1. The molecule has 0 spiro atoms. The predicted octanol–water partition coefficient (Wildman–Crippen LogP) is 2.40. The molecule has 22 heavy (non-hydrogen) atoms. The molecular formula is C17H23NO4. The van der Waals surface area contributed by atoms with E-state index >= 15 is 0 Å². The number of hydrogen-bond donors (Lipinski definition) is 1. The minimum atomic E-state index is -0.853. The van der Waals surface area contributed by atoms with Crippen molar-refractivity contribution in [2.45, 2.75) is 33.6 Å². The Hall–Kier alpha value is -2.04. The lowest BCUT2D eigenvalue weighted by molar-refractivity contribution is -0.153. The van der Waals surface area contributed by atoms with Gasteiger partial charge < -0.3 is 14.7 Å². The highest BCUT2D eigenvalue weighted by atomic mass is 16.5. The van der Waals surface area contributed by atoms with Gasteiger partial charge in [-0.2, -0.15) is 0 Å². The summed E-state index contributed by atoms with van der Waals surface area (Å²) < 4.78 is 5.60. The summed E-state index contributed by atoms with van der Waals surface area (Å²) in [6.45, 7) is 6.42. The van der Waals surface area contributed by atoms with E-state index < -0.39 is 11.4 Å². The number of carboxylic acid groups (broad SMARTS) is 1. The maximum Gasteiger partial charge on any atom is 0.311 e. The summed E-state index contributed by atoms with van der Waals surface area (Å²) in [6, 6.07) is 5.80. The number of ether oxygens (including phenoxy) is 1. The van der Waals surface area contributed by atoms with Crippen LogP contribution < -0.4 is 4.74 Å². The smallest absolute Gasteiger partial charge is 0.311 e. The molecule has 2 rings (SSSR count). The molecule has 0 saturated carbocycles. The number of amides is 1. The molecule has 1 heterocycles. The number of hydrogen-bond acceptors (Lipinski definition) is 3. The predicted molar refractivity (Wildman–Crippen MR) is 83.0 cm³/mol. The molecule has 1 aliphatic rings. The second kappa shape index (κ2) is 6.38. The van der Waals surface area contributed by atoms with Crippen molar-refractivity contribution in [1.82, 2.24) is 4.90 Å². The topological polar surface area (TPSA) is 66.8 Å². The average Bonchev–Trinajstić information content (AvgIpc) is 2.46. The van der Waals surface area contributed by atoms with Gasteiger partial charge in [0.05, 0.1) is 5.41 Å². The van der Waals surface area contributed by atoms with Crippen molar-refractivity contribution in [1.29, 1.82) is 0 Å². The zero-order valence-corrected chi connectivity index (χ0v) is 13.4. The minimum Gasteiger partial charge on any atom is -0.484 e. The van der Waals surface area contributed by atoms with Crippen LogP contribution in [0.4, 0.5) is 0 Å². The van der Waals surface area contributed by atoms with Gasteiger partial charge in [0.25, 0.3) is 5.91 Å². The molecule has 120 valence electrons. The monoisotopic (exact) mass is 305 g/mol. The molecule has 1 unspecified atom stereocenters. The van der Waals surface area contributed by atoms with Gasteiger partial charge in [0.2, 0.25) is 0 Å². The Morgan fingerprint density at radius 2 is 2.09 bits per heavy atom. The van der Waals surface area contributed by atoms with Gasteiger partial charge in [0.15, 0.2) is 6.61 Å². The van der Waals surface area contributed by atoms with E-state index in [1.54, 1.807) is 11.8 Å². The Bertz CT molecular complexity index is 584. The zero-order valence-electron chi connectivity index (χ0n) is 13.4. The maximum absolute atomic E-state index is 12.3. The lowest BCUT2D eigenvalue weighted by Crippen LogP contribution is -2.49. The summed E-state index contributed by atoms with van der Waals surface area (Å²) in [5.41, 5.74) is 1.28. The molecule has 0 aromatic heterocycles. The highest BCUT2D eigenvalue weighted by molar-refractivity contribution is 5.80. The summed E-state index contributed by atoms with van der Waals surface area (Å²) in [5, 5.41) is 9.30. The normalized spacial score (nSPS) is 21.5. The molecule has 1 atom stereocenters. The van der Waals surface area contributed by atoms with Gasteiger partial charge in [-0.05, 0) is 45.2 Å². The summed E-state index contributed by atoms with van der Waals surface area (Å²) in [4.78, 5) is 25.2. The largest absolute Gasteiger partial charge is 0.484 e. The standard InChI is InChI=1S/C17H23NO4/c1-12-5-6-14(13(2)9-12)22-10-15(19)18-8-4-7-17(3,11-18)16(20)21/h5-6,9H,4,7-8,10-11H2,1-3H3,(H,20,21). The number of carbonyl (C=O) groups is 2. The Balaban J connectivity index is 1.96. The molecular weight excluding hydrogens is 282 g/mol. The molecule has 1 amide bonds. The third kappa shape index (κ3) is 3.59. The van der Waals surface area contributed by atoms with E-state index in [4.69, 9.17) is 4.74 Å². The van der Waals surface area contributed by atoms with Crippen LogP contribution in [-0.4, -0.2) is 41.6 Å².